The summed E-state index contributed by atoms with van der Waals surface area (Å²) in [5.74, 6) is 2.31. The first-order valence-corrected chi connectivity index (χ1v) is 9.27. The summed E-state index contributed by atoms with van der Waals surface area (Å²) in [7, 11) is 0. The summed E-state index contributed by atoms with van der Waals surface area (Å²) >= 11 is 8.88. The van der Waals surface area contributed by atoms with E-state index >= 15 is 0 Å². The lowest BCUT2D eigenvalue weighted by molar-refractivity contribution is 0.104. The molecule has 0 aliphatic heterocycles. The summed E-state index contributed by atoms with van der Waals surface area (Å²) < 4.78 is 0. The Balaban J connectivity index is -0.000000411. The van der Waals surface area contributed by atoms with Gasteiger partial charge in [0, 0.05) is 22.1 Å². The third-order valence-electron chi connectivity index (χ3n) is 2.21. The Kier molecular flexibility index (Phi) is 22.5. The van der Waals surface area contributed by atoms with Crippen LogP contribution in [0.1, 0.15) is 57.5 Å². The van der Waals surface area contributed by atoms with Crippen molar-refractivity contribution in [1.29, 1.82) is 5.41 Å². The number of terminal acetylenes is 1. The molecule has 0 aliphatic carbocycles. The maximum atomic E-state index is 11.8. The van der Waals surface area contributed by atoms with E-state index in [-0.39, 0.29) is 5.78 Å². The molecule has 0 amide bonds. The highest BCUT2D eigenvalue weighted by Crippen LogP contribution is 2.18. The lowest BCUT2D eigenvalue weighted by atomic mass is 10.0. The van der Waals surface area contributed by atoms with E-state index in [2.05, 4.69) is 28.3 Å². The Morgan fingerprint density at radius 2 is 1.83 bits per heavy atom. The summed E-state index contributed by atoms with van der Waals surface area (Å²) in [4.78, 5) is 11.8. The van der Waals surface area contributed by atoms with E-state index in [0.717, 1.165) is 23.1 Å². The Hall–Kier alpha value is -1.37. The van der Waals surface area contributed by atoms with Crippen molar-refractivity contribution in [2.75, 3.05) is 5.33 Å². The molecule has 0 saturated carbocycles. The zero-order chi connectivity index (χ0) is 19.5. The fourth-order valence-corrected chi connectivity index (χ4v) is 1.63. The van der Waals surface area contributed by atoms with E-state index in [1.165, 1.54) is 6.21 Å². The standard InChI is InChI=1S/C13H15ClO.C3H4.C2H4BrN.C2H6/c1-4-10-8-11(14)5-6-12(10)13(15)7-9(2)3;1-3-2;3-1-2-4;1-2/h5-8H,4H2,1-3H3;1H,2H3;2,4H,1H2;1-2H3. The first-order valence-electron chi connectivity index (χ1n) is 7.77. The lowest BCUT2D eigenvalue weighted by Gasteiger charge is -2.05. The van der Waals surface area contributed by atoms with Gasteiger partial charge in [-0.3, -0.25) is 4.79 Å². The van der Waals surface area contributed by atoms with Crippen LogP contribution >= 0.6 is 27.5 Å². The van der Waals surface area contributed by atoms with Gasteiger partial charge in [0.2, 0.25) is 0 Å². The number of alkyl halides is 1. The molecule has 1 N–H and O–H groups in total. The predicted molar refractivity (Wildman–Crippen MR) is 113 cm³/mol. The number of carbonyl (C=O) groups excluding carboxylic acids is 1. The van der Waals surface area contributed by atoms with Crippen LogP contribution in [-0.2, 0) is 6.42 Å². The third-order valence-corrected chi connectivity index (χ3v) is 2.77. The minimum absolute atomic E-state index is 0.0588. The fraction of sp³-hybridized carbons (Fsp3) is 0.400. The summed E-state index contributed by atoms with van der Waals surface area (Å²) in [6.45, 7) is 11.5. The SMILES string of the molecule is C#CC.CC.CCc1cc(Cl)ccc1C(=O)C=C(C)C.N=CCBr. The van der Waals surface area contributed by atoms with Crippen molar-refractivity contribution >= 4 is 39.5 Å². The first kappa shape index (κ1) is 27.5. The molecule has 1 aromatic carbocycles. The van der Waals surface area contributed by atoms with Crippen LogP contribution in [0.25, 0.3) is 0 Å². The van der Waals surface area contributed by atoms with Gasteiger partial charge >= 0.3 is 0 Å². The van der Waals surface area contributed by atoms with Crippen molar-refractivity contribution in [3.05, 3.63) is 46.0 Å². The van der Waals surface area contributed by atoms with Crippen LogP contribution in [0.3, 0.4) is 0 Å². The Labute approximate surface area is 161 Å². The number of rotatable bonds is 4. The van der Waals surface area contributed by atoms with Crippen LogP contribution in [0, 0.1) is 17.8 Å². The van der Waals surface area contributed by atoms with Gasteiger partial charge in [0.1, 0.15) is 0 Å². The number of carbonyl (C=O) groups is 1. The Morgan fingerprint density at radius 1 is 1.38 bits per heavy atom. The number of hydrogen-bond acceptors (Lipinski definition) is 2. The molecule has 24 heavy (non-hydrogen) atoms. The smallest absolute Gasteiger partial charge is 0.186 e. The molecule has 1 rings (SSSR count). The van der Waals surface area contributed by atoms with Gasteiger partial charge in [0.15, 0.2) is 5.78 Å². The minimum Gasteiger partial charge on any atom is -0.312 e. The number of hydrogen-bond donors (Lipinski definition) is 1. The van der Waals surface area contributed by atoms with Crippen molar-refractivity contribution in [3.8, 4) is 12.3 Å². The highest BCUT2D eigenvalue weighted by atomic mass is 79.9. The number of benzene rings is 1. The van der Waals surface area contributed by atoms with Gasteiger partial charge in [-0.15, -0.1) is 12.3 Å². The normalized spacial score (nSPS) is 7.79. The van der Waals surface area contributed by atoms with E-state index in [9.17, 15) is 4.79 Å². The van der Waals surface area contributed by atoms with Crippen molar-refractivity contribution in [1.82, 2.24) is 0 Å². The lowest BCUT2D eigenvalue weighted by Crippen LogP contribution is -2.00. The molecule has 0 saturated heterocycles. The van der Waals surface area contributed by atoms with Crippen LogP contribution < -0.4 is 0 Å². The number of halogens is 2. The number of aryl methyl sites for hydroxylation is 1. The molecule has 0 spiro atoms. The minimum atomic E-state index is 0.0588. The second-order valence-corrected chi connectivity index (χ2v) is 5.47. The third kappa shape index (κ3) is 15.5. The molecule has 0 radical (unpaired) electrons. The van der Waals surface area contributed by atoms with Crippen LogP contribution in [0.15, 0.2) is 29.8 Å². The van der Waals surface area contributed by atoms with E-state index in [1.807, 2.05) is 40.7 Å². The topological polar surface area (TPSA) is 40.9 Å². The molecule has 2 nitrogen and oxygen atoms in total. The van der Waals surface area contributed by atoms with Gasteiger partial charge in [-0.25, -0.2) is 0 Å². The predicted octanol–water partition coefficient (Wildman–Crippen LogP) is 6.75. The van der Waals surface area contributed by atoms with Crippen LogP contribution in [0.4, 0.5) is 0 Å². The number of nitrogens with one attached hydrogen (secondary N) is 1. The summed E-state index contributed by atoms with van der Waals surface area (Å²) in [6, 6.07) is 5.41. The van der Waals surface area contributed by atoms with Crippen molar-refractivity contribution in [3.63, 3.8) is 0 Å². The van der Waals surface area contributed by atoms with Crippen LogP contribution in [0.2, 0.25) is 5.02 Å². The summed E-state index contributed by atoms with van der Waals surface area (Å²) in [5, 5.41) is 7.63. The zero-order valence-electron chi connectivity index (χ0n) is 15.5. The fourth-order valence-electron chi connectivity index (χ4n) is 1.44. The van der Waals surface area contributed by atoms with Crippen molar-refractivity contribution < 1.29 is 4.79 Å². The van der Waals surface area contributed by atoms with E-state index in [0.29, 0.717) is 10.4 Å². The largest absolute Gasteiger partial charge is 0.312 e. The number of allylic oxidation sites excluding steroid dienone is 2. The average Bonchev–Trinajstić information content (AvgIpc) is 2.56. The summed E-state index contributed by atoms with van der Waals surface area (Å²) in [6.07, 6.45) is 8.36. The van der Waals surface area contributed by atoms with E-state index in [4.69, 9.17) is 17.0 Å². The monoisotopic (exact) mass is 413 g/mol. The molecule has 0 aliphatic rings. The van der Waals surface area contributed by atoms with Gasteiger partial charge < -0.3 is 5.41 Å². The summed E-state index contributed by atoms with van der Waals surface area (Å²) in [5.41, 5.74) is 2.77. The average molecular weight is 415 g/mol. The van der Waals surface area contributed by atoms with Gasteiger partial charge in [-0.2, -0.15) is 0 Å². The molecule has 134 valence electrons. The molecule has 0 atom stereocenters. The zero-order valence-corrected chi connectivity index (χ0v) is 17.9. The second-order valence-electron chi connectivity index (χ2n) is 4.39. The highest BCUT2D eigenvalue weighted by Gasteiger charge is 2.08. The van der Waals surface area contributed by atoms with Gasteiger partial charge in [-0.05, 0) is 57.0 Å². The van der Waals surface area contributed by atoms with E-state index in [1.54, 1.807) is 25.1 Å². The molecular weight excluding hydrogens is 386 g/mol. The Morgan fingerprint density at radius 3 is 2.17 bits per heavy atom. The highest BCUT2D eigenvalue weighted by molar-refractivity contribution is 9.09. The molecule has 0 aromatic heterocycles. The molecule has 0 fully saturated rings. The van der Waals surface area contributed by atoms with Gasteiger partial charge in [0.05, 0.1) is 0 Å². The van der Waals surface area contributed by atoms with Crippen molar-refractivity contribution in [2.24, 2.45) is 0 Å². The molecule has 1 aromatic rings. The first-order chi connectivity index (χ1) is 11.4. The molecule has 0 unspecified atom stereocenters. The second kappa shape index (κ2) is 19.7. The molecular formula is C20H29BrClNO. The molecule has 4 heteroatoms. The van der Waals surface area contributed by atoms with Crippen LogP contribution in [-0.4, -0.2) is 17.3 Å². The van der Waals surface area contributed by atoms with Crippen molar-refractivity contribution in [2.45, 2.75) is 48.0 Å². The van der Waals surface area contributed by atoms with E-state index < -0.39 is 0 Å². The van der Waals surface area contributed by atoms with Gasteiger partial charge in [-0.1, -0.05) is 53.9 Å². The maximum absolute atomic E-state index is 11.8. The molecule has 0 bridgehead atoms. The maximum Gasteiger partial charge on any atom is 0.186 e. The quantitative estimate of drug-likeness (QED) is 0.191. The molecule has 0 heterocycles. The van der Waals surface area contributed by atoms with Crippen LogP contribution in [0.5, 0.6) is 0 Å². The van der Waals surface area contributed by atoms with Gasteiger partial charge in [0.25, 0.3) is 0 Å². The Bertz CT molecular complexity index is 541. The number of ketones is 1.